The van der Waals surface area contributed by atoms with Gasteiger partial charge < -0.3 is 9.80 Å². The third-order valence-corrected chi connectivity index (χ3v) is 7.13. The minimum Gasteiger partial charge on any atom is -0.368 e. The topological polar surface area (TPSA) is 36.4 Å². The van der Waals surface area contributed by atoms with Crippen molar-refractivity contribution in [3.8, 4) is 10.6 Å². The number of rotatable bonds is 3. The van der Waals surface area contributed by atoms with E-state index in [-0.39, 0.29) is 5.91 Å². The van der Waals surface area contributed by atoms with E-state index in [0.717, 1.165) is 27.9 Å². The molecule has 1 amide bonds. The SMILES string of the molecule is O=C(c1cc(-c2ccc(Cl)s2)nc2ccccc12)N1CCN(c2cccc(C(F)(F)F)c2)CC1. The molecular formula is C25H19ClF3N3OS. The minimum absolute atomic E-state index is 0.119. The van der Waals surface area contributed by atoms with Crippen LogP contribution in [0.1, 0.15) is 15.9 Å². The Morgan fingerprint density at radius 1 is 0.941 bits per heavy atom. The standard InChI is InChI=1S/C25H19ClF3N3OS/c26-23-9-8-22(34-23)21-15-19(18-6-1-2-7-20(18)30-21)24(33)32-12-10-31(11-13-32)17-5-3-4-16(14-17)25(27,28)29/h1-9,14-15H,10-13H2. The van der Waals surface area contributed by atoms with Gasteiger partial charge >= 0.3 is 6.18 Å². The number of benzene rings is 2. The van der Waals surface area contributed by atoms with Gasteiger partial charge in [-0.1, -0.05) is 35.9 Å². The molecule has 0 radical (unpaired) electrons. The first kappa shape index (κ1) is 22.7. The van der Waals surface area contributed by atoms with E-state index in [1.165, 1.54) is 17.4 Å². The van der Waals surface area contributed by atoms with Gasteiger partial charge in [-0.3, -0.25) is 4.79 Å². The van der Waals surface area contributed by atoms with Crippen LogP contribution in [0.2, 0.25) is 4.34 Å². The molecule has 0 spiro atoms. The van der Waals surface area contributed by atoms with Gasteiger partial charge in [0, 0.05) is 37.3 Å². The van der Waals surface area contributed by atoms with Crippen LogP contribution in [0.4, 0.5) is 18.9 Å². The van der Waals surface area contributed by atoms with Gasteiger partial charge in [0.05, 0.1) is 31.6 Å². The monoisotopic (exact) mass is 501 g/mol. The Bertz CT molecular complexity index is 1360. The van der Waals surface area contributed by atoms with Gasteiger partial charge in [0.2, 0.25) is 0 Å². The molecule has 5 rings (SSSR count). The molecule has 34 heavy (non-hydrogen) atoms. The van der Waals surface area contributed by atoms with Crippen molar-refractivity contribution in [2.75, 3.05) is 31.1 Å². The summed E-state index contributed by atoms with van der Waals surface area (Å²) in [6.45, 7) is 1.71. The second-order valence-electron chi connectivity index (χ2n) is 8.00. The lowest BCUT2D eigenvalue weighted by Crippen LogP contribution is -2.48. The molecule has 1 aliphatic heterocycles. The highest BCUT2D eigenvalue weighted by Crippen LogP contribution is 2.34. The molecule has 1 fully saturated rings. The van der Waals surface area contributed by atoms with Crippen molar-refractivity contribution >= 4 is 45.4 Å². The highest BCUT2D eigenvalue weighted by molar-refractivity contribution is 7.19. The fourth-order valence-corrected chi connectivity index (χ4v) is 5.15. The Morgan fingerprint density at radius 2 is 1.71 bits per heavy atom. The molecule has 0 saturated carbocycles. The van der Waals surface area contributed by atoms with Crippen LogP contribution in [0.3, 0.4) is 0 Å². The average Bonchev–Trinajstić information content (AvgIpc) is 3.29. The van der Waals surface area contributed by atoms with Crippen molar-refractivity contribution in [1.82, 2.24) is 9.88 Å². The summed E-state index contributed by atoms with van der Waals surface area (Å²) in [5, 5.41) is 0.763. The predicted octanol–water partition coefficient (Wildman–Crippen LogP) is 6.60. The summed E-state index contributed by atoms with van der Waals surface area (Å²) in [6, 6.07) is 18.3. The molecule has 3 heterocycles. The molecule has 174 valence electrons. The van der Waals surface area contributed by atoms with Gasteiger partial charge in [0.15, 0.2) is 0 Å². The second-order valence-corrected chi connectivity index (χ2v) is 9.72. The smallest absolute Gasteiger partial charge is 0.368 e. The molecule has 4 nitrogen and oxygen atoms in total. The second kappa shape index (κ2) is 8.92. The maximum absolute atomic E-state index is 13.5. The van der Waals surface area contributed by atoms with Crippen molar-refractivity contribution in [2.45, 2.75) is 6.18 Å². The number of hydrogen-bond acceptors (Lipinski definition) is 4. The lowest BCUT2D eigenvalue weighted by Gasteiger charge is -2.36. The molecule has 4 aromatic rings. The number of hydrogen-bond donors (Lipinski definition) is 0. The molecule has 0 N–H and O–H groups in total. The third-order valence-electron chi connectivity index (χ3n) is 5.88. The summed E-state index contributed by atoms with van der Waals surface area (Å²) >= 11 is 7.50. The summed E-state index contributed by atoms with van der Waals surface area (Å²) in [6.07, 6.45) is -4.39. The van der Waals surface area contributed by atoms with E-state index in [9.17, 15) is 18.0 Å². The van der Waals surface area contributed by atoms with Gasteiger partial charge in [0.1, 0.15) is 0 Å². The molecule has 1 saturated heterocycles. The number of pyridine rings is 1. The first-order chi connectivity index (χ1) is 16.3. The Balaban J connectivity index is 1.39. The number of para-hydroxylation sites is 1. The largest absolute Gasteiger partial charge is 0.416 e. The van der Waals surface area contributed by atoms with Crippen molar-refractivity contribution in [3.05, 3.63) is 82.2 Å². The molecule has 9 heteroatoms. The number of aromatic nitrogens is 1. The van der Waals surface area contributed by atoms with Crippen molar-refractivity contribution < 1.29 is 18.0 Å². The lowest BCUT2D eigenvalue weighted by molar-refractivity contribution is -0.137. The average molecular weight is 502 g/mol. The van der Waals surface area contributed by atoms with E-state index in [2.05, 4.69) is 0 Å². The van der Waals surface area contributed by atoms with Crippen LogP contribution in [0.5, 0.6) is 0 Å². The Morgan fingerprint density at radius 3 is 2.41 bits per heavy atom. The fourth-order valence-electron chi connectivity index (χ4n) is 4.15. The number of anilines is 1. The third kappa shape index (κ3) is 4.48. The number of carbonyl (C=O) groups excluding carboxylic acids is 1. The first-order valence-electron chi connectivity index (χ1n) is 10.7. The minimum atomic E-state index is -4.39. The van der Waals surface area contributed by atoms with Gasteiger partial charge in [0.25, 0.3) is 5.91 Å². The van der Waals surface area contributed by atoms with Gasteiger partial charge in [-0.15, -0.1) is 11.3 Å². The van der Waals surface area contributed by atoms with E-state index < -0.39 is 11.7 Å². The molecule has 1 aliphatic rings. The summed E-state index contributed by atoms with van der Waals surface area (Å²) in [5.74, 6) is -0.119. The van der Waals surface area contributed by atoms with Crippen molar-refractivity contribution in [3.63, 3.8) is 0 Å². The zero-order chi connectivity index (χ0) is 23.9. The van der Waals surface area contributed by atoms with Gasteiger partial charge in [-0.25, -0.2) is 4.98 Å². The molecule has 2 aromatic heterocycles. The van der Waals surface area contributed by atoms with E-state index in [4.69, 9.17) is 16.6 Å². The molecular weight excluding hydrogens is 483 g/mol. The van der Waals surface area contributed by atoms with Crippen molar-refractivity contribution in [1.29, 1.82) is 0 Å². The number of thiophene rings is 1. The van der Waals surface area contributed by atoms with Crippen LogP contribution in [-0.2, 0) is 6.18 Å². The quantitative estimate of drug-likeness (QED) is 0.317. The number of halogens is 4. The van der Waals surface area contributed by atoms with E-state index >= 15 is 0 Å². The Hall–Kier alpha value is -3.10. The number of piperazine rings is 1. The molecule has 0 atom stereocenters. The maximum atomic E-state index is 13.5. The van der Waals surface area contributed by atoms with Crippen LogP contribution >= 0.6 is 22.9 Å². The fraction of sp³-hybridized carbons (Fsp3) is 0.200. The normalized spacial score (nSPS) is 14.6. The van der Waals surface area contributed by atoms with Gasteiger partial charge in [-0.2, -0.15) is 13.2 Å². The zero-order valence-corrected chi connectivity index (χ0v) is 19.4. The van der Waals surface area contributed by atoms with E-state index in [1.807, 2.05) is 35.2 Å². The highest BCUT2D eigenvalue weighted by Gasteiger charge is 2.31. The van der Waals surface area contributed by atoms with Crippen LogP contribution in [0, 0.1) is 0 Å². The molecule has 0 unspecified atom stereocenters. The summed E-state index contributed by atoms with van der Waals surface area (Å²) in [5.41, 5.74) is 1.79. The number of alkyl halides is 3. The predicted molar refractivity (Wildman–Crippen MR) is 130 cm³/mol. The Labute approximate surface area is 203 Å². The van der Waals surface area contributed by atoms with Crippen LogP contribution in [-0.4, -0.2) is 42.0 Å². The Kier molecular flexibility index (Phi) is 5.95. The molecule has 0 aliphatic carbocycles. The number of carbonyl (C=O) groups is 1. The van der Waals surface area contributed by atoms with Crippen LogP contribution in [0.15, 0.2) is 66.7 Å². The van der Waals surface area contributed by atoms with Gasteiger partial charge in [-0.05, 0) is 42.5 Å². The maximum Gasteiger partial charge on any atom is 0.416 e. The lowest BCUT2D eigenvalue weighted by atomic mass is 10.0. The first-order valence-corrected chi connectivity index (χ1v) is 11.9. The van der Waals surface area contributed by atoms with Crippen molar-refractivity contribution in [2.24, 2.45) is 0 Å². The number of amides is 1. The number of nitrogens with zero attached hydrogens (tertiary/aromatic N) is 3. The molecule has 2 aromatic carbocycles. The van der Waals surface area contributed by atoms with Crippen LogP contribution < -0.4 is 4.90 Å². The highest BCUT2D eigenvalue weighted by atomic mass is 35.5. The summed E-state index contributed by atoms with van der Waals surface area (Å²) < 4.78 is 39.9. The summed E-state index contributed by atoms with van der Waals surface area (Å²) in [7, 11) is 0. The van der Waals surface area contributed by atoms with E-state index in [1.54, 1.807) is 23.1 Å². The van der Waals surface area contributed by atoms with E-state index in [0.29, 0.717) is 47.5 Å². The van der Waals surface area contributed by atoms with Crippen LogP contribution in [0.25, 0.3) is 21.5 Å². The number of fused-ring (bicyclic) bond motifs is 1. The summed E-state index contributed by atoms with van der Waals surface area (Å²) in [4.78, 5) is 22.7. The zero-order valence-electron chi connectivity index (χ0n) is 17.8. The molecule has 0 bridgehead atoms.